The van der Waals surface area contributed by atoms with Crippen LogP contribution in [-0.4, -0.2) is 61.6 Å². The molecule has 2 N–H and O–H groups in total. The summed E-state index contributed by atoms with van der Waals surface area (Å²) in [6.45, 7) is 7.15. The molecule has 0 amide bonds. The van der Waals surface area contributed by atoms with Crippen molar-refractivity contribution in [2.75, 3.05) is 33.7 Å². The van der Waals surface area contributed by atoms with E-state index in [0.29, 0.717) is 19.6 Å². The van der Waals surface area contributed by atoms with Crippen LogP contribution in [0.3, 0.4) is 0 Å². The Bertz CT molecular complexity index is 366. The highest BCUT2D eigenvalue weighted by atomic mass is 32.2. The summed E-state index contributed by atoms with van der Waals surface area (Å²) in [7, 11) is 0.377. The fraction of sp³-hybridized carbons (Fsp3) is 0.909. The van der Waals surface area contributed by atoms with Crippen LogP contribution in [0.2, 0.25) is 0 Å². The second-order valence-electron chi connectivity index (χ2n) is 5.14. The Kier molecular flexibility index (Phi) is 7.28. The first-order chi connectivity index (χ1) is 8.09. The van der Waals surface area contributed by atoms with E-state index < -0.39 is 15.3 Å². The van der Waals surface area contributed by atoms with E-state index in [1.807, 2.05) is 32.8 Å². The average molecular weight is 295 g/mol. The minimum Gasteiger partial charge on any atom is -0.392 e. The summed E-state index contributed by atoms with van der Waals surface area (Å²) >= 11 is 4.80. The zero-order valence-corrected chi connectivity index (χ0v) is 13.5. The minimum atomic E-state index is -3.45. The zero-order chi connectivity index (χ0) is 14.5. The van der Waals surface area contributed by atoms with E-state index in [4.69, 9.17) is 18.0 Å². The lowest BCUT2D eigenvalue weighted by molar-refractivity contribution is 0.312. The Morgan fingerprint density at radius 2 is 1.72 bits per heavy atom. The zero-order valence-electron chi connectivity index (χ0n) is 11.9. The van der Waals surface area contributed by atoms with Crippen molar-refractivity contribution in [3.63, 3.8) is 0 Å². The predicted molar refractivity (Wildman–Crippen MR) is 80.1 cm³/mol. The van der Waals surface area contributed by atoms with Gasteiger partial charge >= 0.3 is 0 Å². The Hall–Kier alpha value is -0.240. The van der Waals surface area contributed by atoms with Crippen LogP contribution in [0.4, 0.5) is 0 Å². The molecule has 108 valence electrons. The van der Waals surface area contributed by atoms with Gasteiger partial charge in [0.05, 0.1) is 4.99 Å². The molecule has 0 aromatic carbocycles. The van der Waals surface area contributed by atoms with Crippen LogP contribution in [-0.2, 0) is 10.0 Å². The molecule has 0 aromatic rings. The molecule has 0 saturated heterocycles. The van der Waals surface area contributed by atoms with Gasteiger partial charge in [-0.1, -0.05) is 26.1 Å². The summed E-state index contributed by atoms with van der Waals surface area (Å²) in [5.74, 6) is 0.264. The fourth-order valence-corrected chi connectivity index (χ4v) is 3.36. The summed E-state index contributed by atoms with van der Waals surface area (Å²) in [6.07, 6.45) is 0. The lowest BCUT2D eigenvalue weighted by Gasteiger charge is -2.27. The molecule has 0 fully saturated rings. The van der Waals surface area contributed by atoms with Crippen molar-refractivity contribution in [2.45, 2.75) is 26.0 Å². The molecule has 0 aliphatic heterocycles. The van der Waals surface area contributed by atoms with Gasteiger partial charge in [0.1, 0.15) is 5.25 Å². The SMILES string of the molecule is CC(C)CN(CCN(C)C)S(=O)(=O)C(C)C(N)=S. The van der Waals surface area contributed by atoms with Crippen LogP contribution < -0.4 is 5.73 Å². The lowest BCUT2D eigenvalue weighted by atomic mass is 10.2. The first kappa shape index (κ1) is 17.8. The van der Waals surface area contributed by atoms with E-state index in [9.17, 15) is 8.42 Å². The molecule has 0 radical (unpaired) electrons. The second-order valence-corrected chi connectivity index (χ2v) is 7.87. The van der Waals surface area contributed by atoms with Crippen molar-refractivity contribution >= 4 is 27.2 Å². The van der Waals surface area contributed by atoms with E-state index in [2.05, 4.69) is 0 Å². The van der Waals surface area contributed by atoms with Gasteiger partial charge in [-0.05, 0) is 26.9 Å². The minimum absolute atomic E-state index is 0.0219. The third kappa shape index (κ3) is 5.60. The highest BCUT2D eigenvalue weighted by Gasteiger charge is 2.30. The van der Waals surface area contributed by atoms with Crippen molar-refractivity contribution in [1.82, 2.24) is 9.21 Å². The van der Waals surface area contributed by atoms with Crippen LogP contribution in [0.25, 0.3) is 0 Å². The van der Waals surface area contributed by atoms with Crippen LogP contribution in [0, 0.1) is 5.92 Å². The van der Waals surface area contributed by atoms with E-state index in [0.717, 1.165) is 0 Å². The van der Waals surface area contributed by atoms with Gasteiger partial charge in [0.25, 0.3) is 0 Å². The number of nitrogens with zero attached hydrogens (tertiary/aromatic N) is 2. The molecule has 5 nitrogen and oxygen atoms in total. The predicted octanol–water partition coefficient (Wildman–Crippen LogP) is 0.510. The monoisotopic (exact) mass is 295 g/mol. The maximum Gasteiger partial charge on any atom is 0.223 e. The van der Waals surface area contributed by atoms with Gasteiger partial charge in [-0.25, -0.2) is 8.42 Å². The Morgan fingerprint density at radius 3 is 2.06 bits per heavy atom. The molecule has 0 aliphatic carbocycles. The average Bonchev–Trinajstić information content (AvgIpc) is 2.21. The topological polar surface area (TPSA) is 66.6 Å². The first-order valence-corrected chi connectivity index (χ1v) is 7.93. The summed E-state index contributed by atoms with van der Waals surface area (Å²) in [5.41, 5.74) is 5.46. The molecule has 0 spiro atoms. The quantitative estimate of drug-likeness (QED) is 0.661. The largest absolute Gasteiger partial charge is 0.392 e. The van der Waals surface area contributed by atoms with Crippen molar-refractivity contribution in [3.8, 4) is 0 Å². The molecule has 7 heteroatoms. The van der Waals surface area contributed by atoms with E-state index in [1.165, 1.54) is 4.31 Å². The number of likely N-dealkylation sites (N-methyl/N-ethyl adjacent to an activating group) is 1. The summed E-state index contributed by atoms with van der Waals surface area (Å²) < 4.78 is 26.2. The van der Waals surface area contributed by atoms with E-state index in [-0.39, 0.29) is 10.9 Å². The molecule has 0 saturated carbocycles. The fourth-order valence-electron chi connectivity index (χ4n) is 1.41. The molecule has 1 atom stereocenters. The number of sulfonamides is 1. The Morgan fingerprint density at radius 1 is 1.22 bits per heavy atom. The number of rotatable bonds is 8. The number of hydrogen-bond acceptors (Lipinski definition) is 4. The van der Waals surface area contributed by atoms with Gasteiger partial charge in [0.2, 0.25) is 10.0 Å². The Balaban J connectivity index is 4.99. The lowest BCUT2D eigenvalue weighted by Crippen LogP contribution is -2.46. The number of nitrogens with two attached hydrogens (primary N) is 1. The maximum atomic E-state index is 12.4. The highest BCUT2D eigenvalue weighted by Crippen LogP contribution is 2.12. The third-order valence-corrected chi connectivity index (χ3v) is 5.27. The van der Waals surface area contributed by atoms with Gasteiger partial charge in [-0.2, -0.15) is 4.31 Å². The molecular weight excluding hydrogens is 270 g/mol. The van der Waals surface area contributed by atoms with Crippen LogP contribution in [0.5, 0.6) is 0 Å². The number of thiocarbonyl (C=S) groups is 1. The summed E-state index contributed by atoms with van der Waals surface area (Å²) in [5, 5.41) is -0.812. The molecule has 0 heterocycles. The molecule has 0 aliphatic rings. The molecule has 0 aromatic heterocycles. The smallest absolute Gasteiger partial charge is 0.223 e. The van der Waals surface area contributed by atoms with Gasteiger partial charge < -0.3 is 10.6 Å². The normalized spacial score (nSPS) is 14.4. The van der Waals surface area contributed by atoms with Crippen LogP contribution in [0.1, 0.15) is 20.8 Å². The van der Waals surface area contributed by atoms with Gasteiger partial charge in [0.15, 0.2) is 0 Å². The van der Waals surface area contributed by atoms with E-state index >= 15 is 0 Å². The van der Waals surface area contributed by atoms with Crippen LogP contribution >= 0.6 is 12.2 Å². The number of hydrogen-bond donors (Lipinski definition) is 1. The van der Waals surface area contributed by atoms with Gasteiger partial charge in [-0.15, -0.1) is 0 Å². The van der Waals surface area contributed by atoms with E-state index in [1.54, 1.807) is 6.92 Å². The van der Waals surface area contributed by atoms with Crippen molar-refractivity contribution in [2.24, 2.45) is 11.7 Å². The molecule has 0 bridgehead atoms. The maximum absolute atomic E-state index is 12.4. The summed E-state index contributed by atoms with van der Waals surface area (Å²) in [6, 6.07) is 0. The van der Waals surface area contributed by atoms with Crippen molar-refractivity contribution in [3.05, 3.63) is 0 Å². The van der Waals surface area contributed by atoms with Gasteiger partial charge in [0, 0.05) is 19.6 Å². The second kappa shape index (κ2) is 7.37. The molecule has 0 rings (SSSR count). The summed E-state index contributed by atoms with van der Waals surface area (Å²) in [4.78, 5) is 1.97. The first-order valence-electron chi connectivity index (χ1n) is 6.02. The molecular formula is C11H25N3O2S2. The van der Waals surface area contributed by atoms with Crippen LogP contribution in [0.15, 0.2) is 0 Å². The van der Waals surface area contributed by atoms with Crippen molar-refractivity contribution < 1.29 is 8.42 Å². The standard InChI is InChI=1S/C11H25N3O2S2/c1-9(2)8-14(7-6-13(4)5)18(15,16)10(3)11(12)17/h9-10H,6-8H2,1-5H3,(H2,12,17). The Labute approximate surface area is 116 Å². The molecule has 1 unspecified atom stereocenters. The molecule has 18 heavy (non-hydrogen) atoms. The van der Waals surface area contributed by atoms with Crippen molar-refractivity contribution in [1.29, 1.82) is 0 Å². The van der Waals surface area contributed by atoms with Gasteiger partial charge in [-0.3, -0.25) is 0 Å². The highest BCUT2D eigenvalue weighted by molar-refractivity contribution is 7.92. The third-order valence-electron chi connectivity index (χ3n) is 2.57.